The largest absolute Gasteiger partial charge is 0.455 e. The summed E-state index contributed by atoms with van der Waals surface area (Å²) in [6.45, 7) is 1.58. The van der Waals surface area contributed by atoms with E-state index in [1.54, 1.807) is 18.2 Å². The van der Waals surface area contributed by atoms with Gasteiger partial charge in [0.1, 0.15) is 0 Å². The summed E-state index contributed by atoms with van der Waals surface area (Å²) >= 11 is 3.42. The average molecular weight is 470 g/mol. The Kier molecular flexibility index (Phi) is 6.04. The monoisotopic (exact) mass is 469 g/mol. The first-order chi connectivity index (χ1) is 14.4. The molecule has 6 heteroatoms. The molecule has 30 heavy (non-hydrogen) atoms. The molecule has 2 fully saturated rings. The SMILES string of the molecule is Cc1cc(NC(=O)COC(=O)[C@@H]2[C@H]3CC[C@@H](C3)[C@@H]2C(=O)c2ccccc2)ccc1Br. The topological polar surface area (TPSA) is 72.5 Å². The maximum Gasteiger partial charge on any atom is 0.310 e. The third-order valence-corrected chi connectivity index (χ3v) is 7.23. The predicted octanol–water partition coefficient (Wildman–Crippen LogP) is 4.78. The summed E-state index contributed by atoms with van der Waals surface area (Å²) in [6.07, 6.45) is 2.79. The van der Waals surface area contributed by atoms with E-state index in [1.165, 1.54) is 0 Å². The molecule has 2 saturated carbocycles. The third-order valence-electron chi connectivity index (χ3n) is 6.34. The Labute approximate surface area is 184 Å². The number of rotatable bonds is 6. The number of carbonyl (C=O) groups is 3. The first kappa shape index (κ1) is 20.8. The van der Waals surface area contributed by atoms with Gasteiger partial charge in [-0.3, -0.25) is 14.4 Å². The summed E-state index contributed by atoms with van der Waals surface area (Å²) in [5.74, 6) is -1.23. The van der Waals surface area contributed by atoms with Crippen molar-refractivity contribution >= 4 is 39.3 Å². The molecule has 5 nitrogen and oxygen atoms in total. The average Bonchev–Trinajstić information content (AvgIpc) is 3.36. The number of anilines is 1. The molecule has 0 radical (unpaired) electrons. The van der Waals surface area contributed by atoms with Crippen molar-refractivity contribution in [3.8, 4) is 0 Å². The van der Waals surface area contributed by atoms with Crippen LogP contribution in [0.5, 0.6) is 0 Å². The van der Waals surface area contributed by atoms with Crippen LogP contribution in [0.15, 0.2) is 53.0 Å². The van der Waals surface area contributed by atoms with Gasteiger partial charge in [-0.1, -0.05) is 46.3 Å². The van der Waals surface area contributed by atoms with Gasteiger partial charge in [0.25, 0.3) is 5.91 Å². The molecular weight excluding hydrogens is 446 g/mol. The summed E-state index contributed by atoms with van der Waals surface area (Å²) in [6, 6.07) is 14.6. The molecule has 1 N–H and O–H groups in total. The lowest BCUT2D eigenvalue weighted by Gasteiger charge is -2.28. The van der Waals surface area contributed by atoms with Crippen LogP contribution in [0, 0.1) is 30.6 Å². The van der Waals surface area contributed by atoms with Gasteiger partial charge in [-0.05, 0) is 61.8 Å². The summed E-state index contributed by atoms with van der Waals surface area (Å²) in [5, 5.41) is 2.75. The van der Waals surface area contributed by atoms with E-state index >= 15 is 0 Å². The molecule has 4 rings (SSSR count). The van der Waals surface area contributed by atoms with Crippen LogP contribution in [0.3, 0.4) is 0 Å². The Morgan fingerprint density at radius 3 is 2.43 bits per heavy atom. The number of Topliss-reactive ketones (excluding diaryl/α,β-unsaturated/α-hetero) is 1. The lowest BCUT2D eigenvalue weighted by molar-refractivity contribution is -0.154. The van der Waals surface area contributed by atoms with Crippen molar-refractivity contribution in [2.24, 2.45) is 23.7 Å². The number of hydrogen-bond acceptors (Lipinski definition) is 4. The van der Waals surface area contributed by atoms with Crippen molar-refractivity contribution in [2.75, 3.05) is 11.9 Å². The van der Waals surface area contributed by atoms with Crippen LogP contribution in [-0.2, 0) is 14.3 Å². The second-order valence-electron chi connectivity index (χ2n) is 8.23. The van der Waals surface area contributed by atoms with Crippen molar-refractivity contribution in [2.45, 2.75) is 26.2 Å². The standard InChI is InChI=1S/C24H24BrNO4/c1-14-11-18(9-10-19(14)25)26-20(27)13-30-24(29)22-17-8-7-16(12-17)21(22)23(28)15-5-3-2-4-6-15/h2-6,9-11,16-17,21-22H,7-8,12-13H2,1H3,(H,26,27)/t16-,17-,21-,22+/m0/s1. The molecule has 2 aliphatic rings. The number of amides is 1. The smallest absolute Gasteiger partial charge is 0.310 e. The Balaban J connectivity index is 1.39. The Hall–Kier alpha value is -2.47. The van der Waals surface area contributed by atoms with E-state index in [4.69, 9.17) is 4.74 Å². The van der Waals surface area contributed by atoms with Gasteiger partial charge >= 0.3 is 5.97 Å². The summed E-state index contributed by atoms with van der Waals surface area (Å²) in [5.41, 5.74) is 2.28. The van der Waals surface area contributed by atoms with Crippen LogP contribution in [0.1, 0.15) is 35.2 Å². The lowest BCUT2D eigenvalue weighted by Crippen LogP contribution is -2.37. The van der Waals surface area contributed by atoms with Crippen molar-refractivity contribution in [1.29, 1.82) is 0 Å². The van der Waals surface area contributed by atoms with E-state index in [-0.39, 0.29) is 36.1 Å². The number of halogens is 1. The van der Waals surface area contributed by atoms with Gasteiger partial charge in [0, 0.05) is 21.6 Å². The van der Waals surface area contributed by atoms with Gasteiger partial charge in [0.05, 0.1) is 5.92 Å². The highest BCUT2D eigenvalue weighted by Gasteiger charge is 2.54. The third kappa shape index (κ3) is 4.19. The zero-order valence-corrected chi connectivity index (χ0v) is 18.4. The van der Waals surface area contributed by atoms with Crippen molar-refractivity contribution in [3.05, 3.63) is 64.1 Å². The van der Waals surface area contributed by atoms with E-state index in [0.29, 0.717) is 11.3 Å². The minimum absolute atomic E-state index is 0.0135. The maximum atomic E-state index is 13.1. The van der Waals surface area contributed by atoms with E-state index in [0.717, 1.165) is 29.3 Å². The zero-order valence-electron chi connectivity index (χ0n) is 16.8. The van der Waals surface area contributed by atoms with Crippen molar-refractivity contribution in [1.82, 2.24) is 0 Å². The molecule has 2 aromatic carbocycles. The van der Waals surface area contributed by atoms with Crippen LogP contribution in [0.25, 0.3) is 0 Å². The fraction of sp³-hybridized carbons (Fsp3) is 0.375. The van der Waals surface area contributed by atoms with Crippen LogP contribution in [-0.4, -0.2) is 24.3 Å². The molecule has 0 saturated heterocycles. The number of hydrogen-bond donors (Lipinski definition) is 1. The molecule has 1 amide bonds. The van der Waals surface area contributed by atoms with E-state index in [2.05, 4.69) is 21.2 Å². The van der Waals surface area contributed by atoms with E-state index in [1.807, 2.05) is 37.3 Å². The molecule has 0 spiro atoms. The first-order valence-corrected chi connectivity index (χ1v) is 11.0. The predicted molar refractivity (Wildman–Crippen MR) is 117 cm³/mol. The minimum Gasteiger partial charge on any atom is -0.455 e. The molecule has 2 aromatic rings. The number of fused-ring (bicyclic) bond motifs is 2. The van der Waals surface area contributed by atoms with Gasteiger partial charge in [-0.15, -0.1) is 0 Å². The van der Waals surface area contributed by atoms with Gasteiger partial charge in [-0.2, -0.15) is 0 Å². The fourth-order valence-electron chi connectivity index (χ4n) is 4.96. The van der Waals surface area contributed by atoms with Gasteiger partial charge in [-0.25, -0.2) is 0 Å². The Bertz CT molecular complexity index is 974. The zero-order chi connectivity index (χ0) is 21.3. The number of aryl methyl sites for hydroxylation is 1. The van der Waals surface area contributed by atoms with E-state index in [9.17, 15) is 14.4 Å². The second-order valence-corrected chi connectivity index (χ2v) is 9.09. The van der Waals surface area contributed by atoms with Crippen molar-refractivity contribution in [3.63, 3.8) is 0 Å². The number of nitrogens with one attached hydrogen (secondary N) is 1. The highest BCUT2D eigenvalue weighted by atomic mass is 79.9. The highest BCUT2D eigenvalue weighted by molar-refractivity contribution is 9.10. The molecule has 156 valence electrons. The van der Waals surface area contributed by atoms with Crippen molar-refractivity contribution < 1.29 is 19.1 Å². The molecule has 0 unspecified atom stereocenters. The lowest BCUT2D eigenvalue weighted by atomic mass is 9.75. The van der Waals surface area contributed by atoms with Crippen LogP contribution < -0.4 is 5.32 Å². The second kappa shape index (κ2) is 8.72. The molecule has 0 aliphatic heterocycles. The molecule has 0 aromatic heterocycles. The van der Waals surface area contributed by atoms with E-state index < -0.39 is 11.9 Å². The minimum atomic E-state index is -0.459. The fourth-order valence-corrected chi connectivity index (χ4v) is 5.20. The molecule has 0 heterocycles. The number of ketones is 1. The summed E-state index contributed by atoms with van der Waals surface area (Å²) in [7, 11) is 0. The van der Waals surface area contributed by atoms with Gasteiger partial charge in [0.15, 0.2) is 12.4 Å². The van der Waals surface area contributed by atoms with Crippen LogP contribution in [0.4, 0.5) is 5.69 Å². The Morgan fingerprint density at radius 2 is 1.73 bits per heavy atom. The molecule has 4 atom stereocenters. The number of ether oxygens (including phenoxy) is 1. The molecule has 2 bridgehead atoms. The number of carbonyl (C=O) groups excluding carboxylic acids is 3. The normalized spacial score (nSPS) is 24.5. The Morgan fingerprint density at radius 1 is 1.03 bits per heavy atom. The number of esters is 1. The molecular formula is C24H24BrNO4. The van der Waals surface area contributed by atoms with Gasteiger partial charge in [0.2, 0.25) is 0 Å². The maximum absolute atomic E-state index is 13.1. The van der Waals surface area contributed by atoms with Gasteiger partial charge < -0.3 is 10.1 Å². The highest BCUT2D eigenvalue weighted by Crippen LogP contribution is 2.53. The number of benzene rings is 2. The summed E-state index contributed by atoms with van der Waals surface area (Å²) in [4.78, 5) is 38.2. The quantitative estimate of drug-likeness (QED) is 0.487. The first-order valence-electron chi connectivity index (χ1n) is 10.3. The summed E-state index contributed by atoms with van der Waals surface area (Å²) < 4.78 is 6.33. The molecule has 2 aliphatic carbocycles. The van der Waals surface area contributed by atoms with Crippen LogP contribution >= 0.6 is 15.9 Å². The van der Waals surface area contributed by atoms with Crippen LogP contribution in [0.2, 0.25) is 0 Å².